The standard InChI is InChI=1S/C23H28F3N3OS/c1-3-29(4-2)20(30)13-31-21-17(12-27)18(23(24,25)26)8-19(28-21)22-9-14-5-15(10-22)7-16(6-14)11-22/h8,14-16H,3-7,9-11,13H2,1-2H3. The highest BCUT2D eigenvalue weighted by atomic mass is 32.2. The van der Waals surface area contributed by atoms with Crippen molar-refractivity contribution in [3.63, 3.8) is 0 Å². The van der Waals surface area contributed by atoms with E-state index in [0.29, 0.717) is 36.5 Å². The molecule has 1 amide bonds. The molecule has 168 valence electrons. The van der Waals surface area contributed by atoms with E-state index in [9.17, 15) is 23.2 Å². The summed E-state index contributed by atoms with van der Waals surface area (Å²) in [4.78, 5) is 18.7. The maximum absolute atomic E-state index is 13.9. The van der Waals surface area contributed by atoms with Crippen molar-refractivity contribution in [1.82, 2.24) is 9.88 Å². The smallest absolute Gasteiger partial charge is 0.343 e. The molecule has 4 fully saturated rings. The summed E-state index contributed by atoms with van der Waals surface area (Å²) in [5.41, 5.74) is -1.21. The molecule has 4 saturated carbocycles. The molecule has 4 nitrogen and oxygen atoms in total. The van der Waals surface area contributed by atoms with E-state index in [1.807, 2.05) is 13.8 Å². The van der Waals surface area contributed by atoms with Crippen LogP contribution in [0.5, 0.6) is 0 Å². The summed E-state index contributed by atoms with van der Waals surface area (Å²) in [5, 5.41) is 9.60. The number of carbonyl (C=O) groups is 1. The number of rotatable bonds is 6. The predicted molar refractivity (Wildman–Crippen MR) is 112 cm³/mol. The van der Waals surface area contributed by atoms with E-state index in [2.05, 4.69) is 4.98 Å². The molecular weight excluding hydrogens is 423 g/mol. The van der Waals surface area contributed by atoms with Crippen LogP contribution in [0.4, 0.5) is 13.2 Å². The number of aromatic nitrogens is 1. The van der Waals surface area contributed by atoms with E-state index in [4.69, 9.17) is 0 Å². The van der Waals surface area contributed by atoms with Crippen LogP contribution < -0.4 is 0 Å². The molecule has 0 N–H and O–H groups in total. The van der Waals surface area contributed by atoms with Gasteiger partial charge in [-0.15, -0.1) is 0 Å². The Morgan fingerprint density at radius 1 is 1.19 bits per heavy atom. The average Bonchev–Trinajstić information content (AvgIpc) is 2.70. The number of amides is 1. The minimum Gasteiger partial charge on any atom is -0.343 e. The molecule has 1 aromatic heterocycles. The Morgan fingerprint density at radius 3 is 2.19 bits per heavy atom. The minimum absolute atomic E-state index is 0.0228. The summed E-state index contributed by atoms with van der Waals surface area (Å²) < 4.78 is 41.8. The number of carbonyl (C=O) groups excluding carboxylic acids is 1. The normalized spacial score (nSPS) is 29.1. The number of nitrogens with zero attached hydrogens (tertiary/aromatic N) is 3. The third kappa shape index (κ3) is 4.18. The average molecular weight is 452 g/mol. The van der Waals surface area contributed by atoms with Crippen LogP contribution >= 0.6 is 11.8 Å². The molecule has 0 aliphatic heterocycles. The molecule has 4 aliphatic carbocycles. The van der Waals surface area contributed by atoms with Crippen molar-refractivity contribution in [2.45, 2.75) is 69.0 Å². The zero-order valence-electron chi connectivity index (χ0n) is 18.0. The second kappa shape index (κ2) is 8.31. The van der Waals surface area contributed by atoms with Crippen molar-refractivity contribution in [3.8, 4) is 6.07 Å². The molecule has 1 aromatic rings. The van der Waals surface area contributed by atoms with Crippen LogP contribution in [0.1, 0.15) is 69.2 Å². The molecule has 0 saturated heterocycles. The van der Waals surface area contributed by atoms with E-state index in [0.717, 1.165) is 37.1 Å². The summed E-state index contributed by atoms with van der Waals surface area (Å²) >= 11 is 0.962. The summed E-state index contributed by atoms with van der Waals surface area (Å²) in [7, 11) is 0. The Bertz CT molecular complexity index is 869. The van der Waals surface area contributed by atoms with Crippen LogP contribution in [-0.2, 0) is 16.4 Å². The van der Waals surface area contributed by atoms with E-state index in [1.54, 1.807) is 11.0 Å². The van der Waals surface area contributed by atoms with Crippen LogP contribution in [0, 0.1) is 29.1 Å². The summed E-state index contributed by atoms with van der Waals surface area (Å²) in [6, 6.07) is 2.87. The largest absolute Gasteiger partial charge is 0.417 e. The maximum Gasteiger partial charge on any atom is 0.417 e. The number of hydrogen-bond donors (Lipinski definition) is 0. The number of halogens is 3. The van der Waals surface area contributed by atoms with Crippen LogP contribution in [-0.4, -0.2) is 34.6 Å². The van der Waals surface area contributed by atoms with Gasteiger partial charge in [0, 0.05) is 24.2 Å². The monoisotopic (exact) mass is 451 g/mol. The fraction of sp³-hybridized carbons (Fsp3) is 0.696. The van der Waals surface area contributed by atoms with Gasteiger partial charge in [0.25, 0.3) is 0 Å². The lowest BCUT2D eigenvalue weighted by Crippen LogP contribution is -2.49. The first-order valence-electron chi connectivity index (χ1n) is 11.1. The molecule has 8 heteroatoms. The Balaban J connectivity index is 1.73. The van der Waals surface area contributed by atoms with E-state index >= 15 is 0 Å². The van der Waals surface area contributed by atoms with Gasteiger partial charge >= 0.3 is 6.18 Å². The lowest BCUT2D eigenvalue weighted by Gasteiger charge is -2.56. The van der Waals surface area contributed by atoms with Gasteiger partial charge in [0.15, 0.2) is 0 Å². The van der Waals surface area contributed by atoms with Gasteiger partial charge in [-0.25, -0.2) is 4.98 Å². The van der Waals surface area contributed by atoms with E-state index in [-0.39, 0.29) is 22.1 Å². The third-order valence-corrected chi connectivity index (χ3v) is 8.39. The van der Waals surface area contributed by atoms with Gasteiger partial charge in [0.1, 0.15) is 11.1 Å². The summed E-state index contributed by atoms with van der Waals surface area (Å²) in [6.45, 7) is 4.80. The van der Waals surface area contributed by atoms with Gasteiger partial charge in [-0.1, -0.05) is 11.8 Å². The number of alkyl halides is 3. The van der Waals surface area contributed by atoms with Crippen LogP contribution in [0.3, 0.4) is 0 Å². The maximum atomic E-state index is 13.9. The minimum atomic E-state index is -4.64. The van der Waals surface area contributed by atoms with Gasteiger partial charge in [-0.3, -0.25) is 4.79 Å². The molecule has 0 radical (unpaired) electrons. The van der Waals surface area contributed by atoms with Gasteiger partial charge in [-0.2, -0.15) is 18.4 Å². The first-order chi connectivity index (χ1) is 14.7. The van der Waals surface area contributed by atoms with Crippen molar-refractivity contribution in [3.05, 3.63) is 22.9 Å². The first kappa shape index (κ1) is 22.4. The fourth-order valence-corrected chi connectivity index (χ4v) is 7.36. The highest BCUT2D eigenvalue weighted by molar-refractivity contribution is 8.00. The van der Waals surface area contributed by atoms with Gasteiger partial charge in [-0.05, 0) is 76.2 Å². The SMILES string of the molecule is CCN(CC)C(=O)CSc1nc(C23CC4CC(CC(C4)C2)C3)cc(C(F)(F)F)c1C#N. The Kier molecular flexibility index (Phi) is 6.01. The van der Waals surface area contributed by atoms with Crippen molar-refractivity contribution < 1.29 is 18.0 Å². The number of hydrogen-bond acceptors (Lipinski definition) is 4. The van der Waals surface area contributed by atoms with Crippen molar-refractivity contribution in [2.75, 3.05) is 18.8 Å². The van der Waals surface area contributed by atoms with E-state index in [1.165, 1.54) is 19.3 Å². The second-order valence-corrected chi connectivity index (χ2v) is 10.4. The highest BCUT2D eigenvalue weighted by Gasteiger charge is 2.53. The van der Waals surface area contributed by atoms with Crippen LogP contribution in [0.15, 0.2) is 11.1 Å². The summed E-state index contributed by atoms with van der Waals surface area (Å²) in [6.07, 6.45) is 1.57. The van der Waals surface area contributed by atoms with Crippen LogP contribution in [0.2, 0.25) is 0 Å². The molecule has 5 rings (SSSR count). The van der Waals surface area contributed by atoms with Crippen molar-refractivity contribution in [2.24, 2.45) is 17.8 Å². The van der Waals surface area contributed by atoms with Crippen LogP contribution in [0.25, 0.3) is 0 Å². The molecular formula is C23H28F3N3OS. The second-order valence-electron chi connectivity index (χ2n) is 9.40. The zero-order valence-corrected chi connectivity index (χ0v) is 18.8. The molecule has 31 heavy (non-hydrogen) atoms. The molecule has 4 aliphatic rings. The molecule has 1 heterocycles. The Hall–Kier alpha value is -1.75. The lowest BCUT2D eigenvalue weighted by molar-refractivity contribution is -0.138. The first-order valence-corrected chi connectivity index (χ1v) is 12.1. The quantitative estimate of drug-likeness (QED) is 0.544. The topological polar surface area (TPSA) is 57.0 Å². The Morgan fingerprint density at radius 2 is 1.74 bits per heavy atom. The fourth-order valence-electron chi connectivity index (χ4n) is 6.45. The molecule has 0 aromatic carbocycles. The van der Waals surface area contributed by atoms with E-state index < -0.39 is 17.3 Å². The predicted octanol–water partition coefficient (Wildman–Crippen LogP) is 5.40. The molecule has 0 atom stereocenters. The molecule has 0 unspecified atom stereocenters. The molecule has 0 spiro atoms. The highest BCUT2D eigenvalue weighted by Crippen LogP contribution is 2.60. The number of pyridine rings is 1. The number of nitriles is 1. The third-order valence-electron chi connectivity index (χ3n) is 7.43. The zero-order chi connectivity index (χ0) is 22.4. The van der Waals surface area contributed by atoms with Gasteiger partial charge in [0.05, 0.1) is 16.9 Å². The lowest BCUT2D eigenvalue weighted by atomic mass is 9.48. The number of thioether (sulfide) groups is 1. The summed E-state index contributed by atoms with van der Waals surface area (Å²) in [5.74, 6) is 1.52. The van der Waals surface area contributed by atoms with Crippen molar-refractivity contribution in [1.29, 1.82) is 5.26 Å². The molecule has 4 bridgehead atoms. The Labute approximate surface area is 185 Å². The van der Waals surface area contributed by atoms with Crippen molar-refractivity contribution >= 4 is 17.7 Å². The van der Waals surface area contributed by atoms with Gasteiger partial charge < -0.3 is 4.90 Å². The van der Waals surface area contributed by atoms with Gasteiger partial charge in [0.2, 0.25) is 5.91 Å².